The van der Waals surface area contributed by atoms with Crippen LogP contribution >= 0.6 is 0 Å². The van der Waals surface area contributed by atoms with Gasteiger partial charge in [0.05, 0.1) is 23.4 Å². The van der Waals surface area contributed by atoms with E-state index in [9.17, 15) is 9.59 Å². The van der Waals surface area contributed by atoms with Crippen LogP contribution in [0.25, 0.3) is 0 Å². The molecule has 0 aliphatic carbocycles. The molecule has 2 aromatic rings. The molecule has 0 aliphatic heterocycles. The molecule has 114 valence electrons. The minimum absolute atomic E-state index is 0.301. The number of esters is 1. The van der Waals surface area contributed by atoms with Crippen molar-refractivity contribution < 1.29 is 14.3 Å². The molecule has 0 bridgehead atoms. The zero-order valence-corrected chi connectivity index (χ0v) is 12.7. The van der Waals surface area contributed by atoms with E-state index in [0.29, 0.717) is 34.9 Å². The zero-order valence-electron chi connectivity index (χ0n) is 12.7. The molecule has 0 saturated heterocycles. The van der Waals surface area contributed by atoms with E-state index in [1.807, 2.05) is 0 Å². The van der Waals surface area contributed by atoms with Crippen molar-refractivity contribution in [2.75, 3.05) is 11.9 Å². The number of nitrogens with one attached hydrogen (secondary N) is 1. The van der Waals surface area contributed by atoms with Gasteiger partial charge in [-0.3, -0.25) is 4.79 Å². The van der Waals surface area contributed by atoms with E-state index in [-0.39, 0.29) is 5.91 Å². The molecule has 1 N–H and O–H groups in total. The van der Waals surface area contributed by atoms with Crippen molar-refractivity contribution in [2.45, 2.75) is 20.8 Å². The van der Waals surface area contributed by atoms with Crippen LogP contribution in [0.4, 0.5) is 5.69 Å². The van der Waals surface area contributed by atoms with Crippen molar-refractivity contribution in [1.29, 1.82) is 0 Å². The molecule has 0 saturated carbocycles. The maximum Gasteiger partial charge on any atom is 0.338 e. The predicted molar refractivity (Wildman–Crippen MR) is 81.9 cm³/mol. The van der Waals surface area contributed by atoms with Gasteiger partial charge in [-0.05, 0) is 39.0 Å². The van der Waals surface area contributed by atoms with Gasteiger partial charge in [0.25, 0.3) is 5.91 Å². The van der Waals surface area contributed by atoms with Crippen molar-refractivity contribution in [1.82, 2.24) is 9.97 Å². The third-order valence-electron chi connectivity index (χ3n) is 2.98. The Kier molecular flexibility index (Phi) is 4.83. The summed E-state index contributed by atoms with van der Waals surface area (Å²) >= 11 is 0. The molecule has 6 nitrogen and oxygen atoms in total. The van der Waals surface area contributed by atoms with E-state index in [2.05, 4.69) is 15.3 Å². The lowest BCUT2D eigenvalue weighted by molar-refractivity contribution is 0.0526. The molecule has 0 aliphatic rings. The van der Waals surface area contributed by atoms with Crippen molar-refractivity contribution in [3.8, 4) is 0 Å². The van der Waals surface area contributed by atoms with Gasteiger partial charge in [0.15, 0.2) is 0 Å². The van der Waals surface area contributed by atoms with Crippen LogP contribution in [0, 0.1) is 13.8 Å². The minimum Gasteiger partial charge on any atom is -0.462 e. The van der Waals surface area contributed by atoms with Crippen molar-refractivity contribution >= 4 is 17.6 Å². The van der Waals surface area contributed by atoms with Gasteiger partial charge in [-0.2, -0.15) is 0 Å². The molecular formula is C16H17N3O3. The molecule has 1 amide bonds. The Morgan fingerprint density at radius 1 is 1.27 bits per heavy atom. The van der Waals surface area contributed by atoms with Crippen LogP contribution < -0.4 is 5.32 Å². The van der Waals surface area contributed by atoms with Crippen molar-refractivity contribution in [3.63, 3.8) is 0 Å². The fraction of sp³-hybridized carbons (Fsp3) is 0.250. The number of carbonyl (C=O) groups is 2. The molecule has 0 unspecified atom stereocenters. The molecular weight excluding hydrogens is 282 g/mol. The van der Waals surface area contributed by atoms with Crippen molar-refractivity contribution in [3.05, 3.63) is 53.1 Å². The summed E-state index contributed by atoms with van der Waals surface area (Å²) in [5.74, 6) is -0.134. The number of hydrogen-bond donors (Lipinski definition) is 1. The third kappa shape index (κ3) is 3.66. The van der Waals surface area contributed by atoms with E-state index < -0.39 is 5.97 Å². The molecule has 0 radical (unpaired) electrons. The summed E-state index contributed by atoms with van der Waals surface area (Å²) in [5, 5.41) is 2.73. The first-order chi connectivity index (χ1) is 10.5. The molecule has 0 fully saturated rings. The van der Waals surface area contributed by atoms with Gasteiger partial charge < -0.3 is 10.1 Å². The van der Waals surface area contributed by atoms with E-state index >= 15 is 0 Å². The summed E-state index contributed by atoms with van der Waals surface area (Å²) in [7, 11) is 0. The van der Waals surface area contributed by atoms with E-state index in [1.54, 1.807) is 45.0 Å². The highest BCUT2D eigenvalue weighted by atomic mass is 16.5. The number of aryl methyl sites for hydroxylation is 2. The third-order valence-corrected chi connectivity index (χ3v) is 2.98. The van der Waals surface area contributed by atoms with Crippen molar-refractivity contribution in [2.24, 2.45) is 0 Å². The molecule has 1 aromatic carbocycles. The molecule has 1 heterocycles. The summed E-state index contributed by atoms with van der Waals surface area (Å²) in [6, 6.07) is 6.58. The number of aromatic nitrogens is 2. The number of carbonyl (C=O) groups excluding carboxylic acids is 2. The van der Waals surface area contributed by atoms with E-state index in [1.165, 1.54) is 6.20 Å². The molecule has 0 atom stereocenters. The number of benzene rings is 1. The van der Waals surface area contributed by atoms with Gasteiger partial charge in [-0.1, -0.05) is 6.07 Å². The summed E-state index contributed by atoms with van der Waals surface area (Å²) in [5.41, 5.74) is 1.89. The fourth-order valence-corrected chi connectivity index (χ4v) is 1.94. The first kappa shape index (κ1) is 15.6. The highest BCUT2D eigenvalue weighted by Crippen LogP contribution is 2.14. The first-order valence-corrected chi connectivity index (χ1v) is 6.90. The highest BCUT2D eigenvalue weighted by Gasteiger charge is 2.13. The second kappa shape index (κ2) is 6.80. The molecule has 2 rings (SSSR count). The van der Waals surface area contributed by atoms with Crippen LogP contribution in [0.5, 0.6) is 0 Å². The van der Waals surface area contributed by atoms with Crippen LogP contribution in [-0.4, -0.2) is 28.5 Å². The Balaban J connectivity index is 2.18. The van der Waals surface area contributed by atoms with Gasteiger partial charge in [0, 0.05) is 11.9 Å². The maximum atomic E-state index is 12.2. The Morgan fingerprint density at radius 2 is 2.05 bits per heavy atom. The highest BCUT2D eigenvalue weighted by molar-refractivity contribution is 6.05. The van der Waals surface area contributed by atoms with Gasteiger partial charge in [-0.25, -0.2) is 14.8 Å². The SMILES string of the molecule is CCOC(=O)c1cccc(NC(=O)c2cnc(C)nc2C)c1. The Bertz CT molecular complexity index is 714. The average molecular weight is 299 g/mol. The van der Waals surface area contributed by atoms with Gasteiger partial charge >= 0.3 is 5.97 Å². The van der Waals surface area contributed by atoms with Crippen LogP contribution in [0.15, 0.2) is 30.5 Å². The lowest BCUT2D eigenvalue weighted by Gasteiger charge is -2.08. The molecule has 1 aromatic heterocycles. The lowest BCUT2D eigenvalue weighted by Crippen LogP contribution is -2.15. The Labute approximate surface area is 128 Å². The number of ether oxygens (including phenoxy) is 1. The Morgan fingerprint density at radius 3 is 2.73 bits per heavy atom. The number of anilines is 1. The first-order valence-electron chi connectivity index (χ1n) is 6.90. The van der Waals surface area contributed by atoms with Crippen LogP contribution in [-0.2, 0) is 4.74 Å². The summed E-state index contributed by atoms with van der Waals surface area (Å²) in [6.45, 7) is 5.55. The second-order valence-corrected chi connectivity index (χ2v) is 4.67. The van der Waals surface area contributed by atoms with E-state index in [0.717, 1.165) is 0 Å². The predicted octanol–water partition coefficient (Wildman–Crippen LogP) is 2.52. The maximum absolute atomic E-state index is 12.2. The van der Waals surface area contributed by atoms with Crippen LogP contribution in [0.2, 0.25) is 0 Å². The molecule has 6 heteroatoms. The van der Waals surface area contributed by atoms with Gasteiger partial charge in [0.2, 0.25) is 0 Å². The summed E-state index contributed by atoms with van der Waals surface area (Å²) < 4.78 is 4.93. The van der Waals surface area contributed by atoms with Gasteiger partial charge in [-0.15, -0.1) is 0 Å². The summed E-state index contributed by atoms with van der Waals surface area (Å²) in [6.07, 6.45) is 1.49. The summed E-state index contributed by atoms with van der Waals surface area (Å²) in [4.78, 5) is 32.1. The normalized spacial score (nSPS) is 10.1. The Hall–Kier alpha value is -2.76. The van der Waals surface area contributed by atoms with E-state index in [4.69, 9.17) is 4.74 Å². The zero-order chi connectivity index (χ0) is 16.1. The van der Waals surface area contributed by atoms with Crippen LogP contribution in [0.3, 0.4) is 0 Å². The lowest BCUT2D eigenvalue weighted by atomic mass is 10.2. The quantitative estimate of drug-likeness (QED) is 0.877. The number of hydrogen-bond acceptors (Lipinski definition) is 5. The largest absolute Gasteiger partial charge is 0.462 e. The molecule has 22 heavy (non-hydrogen) atoms. The number of nitrogens with zero attached hydrogens (tertiary/aromatic N) is 2. The standard InChI is InChI=1S/C16H17N3O3/c1-4-22-16(21)12-6-5-7-13(8-12)19-15(20)14-9-17-11(3)18-10(14)2/h5-9H,4H2,1-3H3,(H,19,20). The molecule has 0 spiro atoms. The monoisotopic (exact) mass is 299 g/mol. The smallest absolute Gasteiger partial charge is 0.338 e. The fourth-order valence-electron chi connectivity index (χ4n) is 1.94. The minimum atomic E-state index is -0.423. The van der Waals surface area contributed by atoms with Crippen LogP contribution in [0.1, 0.15) is 39.2 Å². The number of rotatable bonds is 4. The average Bonchev–Trinajstić information content (AvgIpc) is 2.47. The van der Waals surface area contributed by atoms with Gasteiger partial charge in [0.1, 0.15) is 5.82 Å². The second-order valence-electron chi connectivity index (χ2n) is 4.67. The topological polar surface area (TPSA) is 81.2 Å². The number of amides is 1.